The van der Waals surface area contributed by atoms with Gasteiger partial charge in [0, 0.05) is 31.2 Å². The van der Waals surface area contributed by atoms with Crippen molar-refractivity contribution in [3.05, 3.63) is 71.5 Å². The average Bonchev–Trinajstić information content (AvgIpc) is 2.78. The molecule has 6 heteroatoms. The molecule has 1 N–H and O–H groups in total. The number of ether oxygens (including phenoxy) is 1. The van der Waals surface area contributed by atoms with E-state index in [1.165, 1.54) is 11.1 Å². The summed E-state index contributed by atoms with van der Waals surface area (Å²) < 4.78 is 6.02. The first-order chi connectivity index (χ1) is 15.0. The Bertz CT molecular complexity index is 1070. The predicted molar refractivity (Wildman–Crippen MR) is 123 cm³/mol. The number of benzene rings is 2. The maximum atomic E-state index is 13.0. The number of rotatable bonds is 5. The van der Waals surface area contributed by atoms with Gasteiger partial charge >= 0.3 is 0 Å². The molecule has 0 spiro atoms. The summed E-state index contributed by atoms with van der Waals surface area (Å²) in [6.07, 6.45) is 5.05. The Morgan fingerprint density at radius 2 is 1.77 bits per heavy atom. The van der Waals surface area contributed by atoms with Gasteiger partial charge in [-0.25, -0.2) is 9.97 Å². The van der Waals surface area contributed by atoms with Gasteiger partial charge in [-0.15, -0.1) is 0 Å². The number of hydrogen-bond acceptors (Lipinski definition) is 5. The standard InChI is InChI=1S/C25H28N4O2/c1-17-6-9-21(10-7-17)31-25-23(26-12-13-27-25)29-14-4-5-20(16-29)24(30)28-22-11-8-18(2)15-19(22)3/h6-13,15,20H,4-5,14,16H2,1-3H3,(H,28,30)/t20-/m1/s1. The van der Waals surface area contributed by atoms with Gasteiger partial charge in [0.2, 0.25) is 5.91 Å². The molecule has 1 aliphatic heterocycles. The Hall–Kier alpha value is -3.41. The summed E-state index contributed by atoms with van der Waals surface area (Å²) in [7, 11) is 0. The average molecular weight is 417 g/mol. The van der Waals surface area contributed by atoms with Crippen LogP contribution in [0, 0.1) is 26.7 Å². The molecule has 0 bridgehead atoms. The van der Waals surface area contributed by atoms with Gasteiger partial charge in [0.05, 0.1) is 5.92 Å². The molecule has 0 aliphatic carbocycles. The van der Waals surface area contributed by atoms with Crippen molar-refractivity contribution in [3.63, 3.8) is 0 Å². The molecule has 4 rings (SSSR count). The molecular formula is C25H28N4O2. The van der Waals surface area contributed by atoms with E-state index in [4.69, 9.17) is 4.74 Å². The second kappa shape index (κ2) is 9.16. The van der Waals surface area contributed by atoms with E-state index in [1.807, 2.05) is 50.2 Å². The van der Waals surface area contributed by atoms with E-state index in [2.05, 4.69) is 33.2 Å². The van der Waals surface area contributed by atoms with Crippen LogP contribution in [0.3, 0.4) is 0 Å². The highest BCUT2D eigenvalue weighted by Crippen LogP contribution is 2.31. The minimum atomic E-state index is -0.122. The number of piperidine rings is 1. The third-order valence-electron chi connectivity index (χ3n) is 5.61. The fraction of sp³-hybridized carbons (Fsp3) is 0.320. The third kappa shape index (κ3) is 5.02. The van der Waals surface area contributed by atoms with Crippen LogP contribution in [0.2, 0.25) is 0 Å². The van der Waals surface area contributed by atoms with Crippen molar-refractivity contribution in [2.24, 2.45) is 5.92 Å². The maximum absolute atomic E-state index is 13.0. The van der Waals surface area contributed by atoms with Crippen molar-refractivity contribution in [3.8, 4) is 11.6 Å². The van der Waals surface area contributed by atoms with Gasteiger partial charge in [0.15, 0.2) is 5.82 Å². The molecule has 0 radical (unpaired) electrons. The summed E-state index contributed by atoms with van der Waals surface area (Å²) in [5.41, 5.74) is 4.29. The summed E-state index contributed by atoms with van der Waals surface area (Å²) in [6.45, 7) is 7.50. The van der Waals surface area contributed by atoms with E-state index in [0.29, 0.717) is 24.0 Å². The van der Waals surface area contributed by atoms with Crippen molar-refractivity contribution in [2.45, 2.75) is 33.6 Å². The normalized spacial score (nSPS) is 16.1. The second-order valence-corrected chi connectivity index (χ2v) is 8.19. The molecule has 2 aromatic carbocycles. The highest BCUT2D eigenvalue weighted by molar-refractivity contribution is 5.93. The van der Waals surface area contributed by atoms with Crippen LogP contribution in [0.5, 0.6) is 11.6 Å². The van der Waals surface area contributed by atoms with E-state index in [0.717, 1.165) is 30.6 Å². The number of aromatic nitrogens is 2. The minimum Gasteiger partial charge on any atom is -0.436 e. The second-order valence-electron chi connectivity index (χ2n) is 8.19. The molecule has 1 amide bonds. The fourth-order valence-electron chi connectivity index (χ4n) is 3.90. The van der Waals surface area contributed by atoms with Crippen LogP contribution in [0.25, 0.3) is 0 Å². The van der Waals surface area contributed by atoms with Gasteiger partial charge in [-0.2, -0.15) is 0 Å². The van der Waals surface area contributed by atoms with Gasteiger partial charge < -0.3 is 15.0 Å². The molecule has 1 atom stereocenters. The highest BCUT2D eigenvalue weighted by atomic mass is 16.5. The summed E-state index contributed by atoms with van der Waals surface area (Å²) in [4.78, 5) is 24.0. The monoisotopic (exact) mass is 416 g/mol. The van der Waals surface area contributed by atoms with E-state index < -0.39 is 0 Å². The van der Waals surface area contributed by atoms with Crippen molar-refractivity contribution < 1.29 is 9.53 Å². The molecule has 0 saturated carbocycles. The van der Waals surface area contributed by atoms with Gasteiger partial charge in [-0.1, -0.05) is 35.4 Å². The molecule has 1 aromatic heterocycles. The predicted octanol–water partition coefficient (Wildman–Crippen LogP) is 5.05. The number of hydrogen-bond donors (Lipinski definition) is 1. The zero-order chi connectivity index (χ0) is 21.8. The summed E-state index contributed by atoms with van der Waals surface area (Å²) in [6, 6.07) is 13.9. The molecule has 2 heterocycles. The minimum absolute atomic E-state index is 0.0431. The van der Waals surface area contributed by atoms with E-state index >= 15 is 0 Å². The molecule has 160 valence electrons. The van der Waals surface area contributed by atoms with Crippen molar-refractivity contribution in [1.82, 2.24) is 9.97 Å². The van der Waals surface area contributed by atoms with Gasteiger partial charge in [-0.3, -0.25) is 4.79 Å². The molecule has 0 unspecified atom stereocenters. The highest BCUT2D eigenvalue weighted by Gasteiger charge is 2.29. The van der Waals surface area contributed by atoms with Gasteiger partial charge in [-0.05, 0) is 57.4 Å². The topological polar surface area (TPSA) is 67.4 Å². The summed E-state index contributed by atoms with van der Waals surface area (Å²) in [5.74, 6) is 1.77. The van der Waals surface area contributed by atoms with Crippen LogP contribution >= 0.6 is 0 Å². The first-order valence-electron chi connectivity index (χ1n) is 10.7. The van der Waals surface area contributed by atoms with Gasteiger partial charge in [0.25, 0.3) is 5.88 Å². The largest absolute Gasteiger partial charge is 0.436 e. The zero-order valence-corrected chi connectivity index (χ0v) is 18.3. The van der Waals surface area contributed by atoms with Crippen LogP contribution in [-0.2, 0) is 4.79 Å². The SMILES string of the molecule is Cc1ccc(Oc2nccnc2N2CCC[C@@H](C(=O)Nc3ccc(C)cc3C)C2)cc1. The fourth-order valence-corrected chi connectivity index (χ4v) is 3.90. The quantitative estimate of drug-likeness (QED) is 0.630. The number of nitrogens with zero attached hydrogens (tertiary/aromatic N) is 3. The molecule has 1 saturated heterocycles. The van der Waals surface area contributed by atoms with E-state index in [1.54, 1.807) is 12.4 Å². The molecule has 6 nitrogen and oxygen atoms in total. The van der Waals surface area contributed by atoms with Crippen LogP contribution in [-0.4, -0.2) is 29.0 Å². The van der Waals surface area contributed by atoms with Crippen LogP contribution < -0.4 is 15.0 Å². The number of carbonyl (C=O) groups excluding carboxylic acids is 1. The Morgan fingerprint density at radius 1 is 1.03 bits per heavy atom. The molecule has 31 heavy (non-hydrogen) atoms. The van der Waals surface area contributed by atoms with E-state index in [-0.39, 0.29) is 11.8 Å². The summed E-state index contributed by atoms with van der Waals surface area (Å²) >= 11 is 0. The number of carbonyl (C=O) groups is 1. The number of amides is 1. The van der Waals surface area contributed by atoms with Crippen molar-refractivity contribution >= 4 is 17.4 Å². The lowest BCUT2D eigenvalue weighted by atomic mass is 9.96. The van der Waals surface area contributed by atoms with Crippen LogP contribution in [0.15, 0.2) is 54.9 Å². The smallest absolute Gasteiger partial charge is 0.263 e. The van der Waals surface area contributed by atoms with Gasteiger partial charge in [0.1, 0.15) is 5.75 Å². The first kappa shape index (κ1) is 20.8. The first-order valence-corrected chi connectivity index (χ1v) is 10.7. The van der Waals surface area contributed by atoms with Crippen LogP contribution in [0.4, 0.5) is 11.5 Å². The molecule has 1 fully saturated rings. The Balaban J connectivity index is 1.48. The number of aryl methyl sites for hydroxylation is 3. The molecule has 1 aliphatic rings. The lowest BCUT2D eigenvalue weighted by molar-refractivity contribution is -0.120. The zero-order valence-electron chi connectivity index (χ0n) is 18.3. The Labute approximate surface area is 183 Å². The lowest BCUT2D eigenvalue weighted by Crippen LogP contribution is -2.41. The molecular weight excluding hydrogens is 388 g/mol. The maximum Gasteiger partial charge on any atom is 0.263 e. The lowest BCUT2D eigenvalue weighted by Gasteiger charge is -2.33. The van der Waals surface area contributed by atoms with Crippen molar-refractivity contribution in [2.75, 3.05) is 23.3 Å². The third-order valence-corrected chi connectivity index (χ3v) is 5.61. The van der Waals surface area contributed by atoms with E-state index in [9.17, 15) is 4.79 Å². The molecule has 3 aromatic rings. The Morgan fingerprint density at radius 3 is 2.55 bits per heavy atom. The van der Waals surface area contributed by atoms with Crippen molar-refractivity contribution in [1.29, 1.82) is 0 Å². The Kier molecular flexibility index (Phi) is 6.16. The number of anilines is 2. The van der Waals surface area contributed by atoms with Crippen LogP contribution in [0.1, 0.15) is 29.5 Å². The summed E-state index contributed by atoms with van der Waals surface area (Å²) in [5, 5.41) is 3.11. The number of nitrogens with one attached hydrogen (secondary N) is 1.